The number of anilines is 1. The number of hydrogen-bond donors (Lipinski definition) is 1. The summed E-state index contributed by atoms with van der Waals surface area (Å²) in [6.07, 6.45) is 4.26. The van der Waals surface area contributed by atoms with Gasteiger partial charge in [0.15, 0.2) is 5.65 Å². The van der Waals surface area contributed by atoms with Crippen molar-refractivity contribution in [3.63, 3.8) is 0 Å². The van der Waals surface area contributed by atoms with E-state index >= 15 is 0 Å². The molecule has 0 saturated carbocycles. The van der Waals surface area contributed by atoms with Crippen LogP contribution in [0.15, 0.2) is 18.5 Å². The lowest BCUT2D eigenvalue weighted by Crippen LogP contribution is -2.46. The molecule has 5 heteroatoms. The van der Waals surface area contributed by atoms with E-state index in [1.807, 2.05) is 4.52 Å². The predicted octanol–water partition coefficient (Wildman–Crippen LogP) is 1.23. The average Bonchev–Trinajstić information content (AvgIpc) is 3.04. The minimum Gasteiger partial charge on any atom is -0.352 e. The van der Waals surface area contributed by atoms with Crippen molar-refractivity contribution in [3.8, 4) is 0 Å². The lowest BCUT2D eigenvalue weighted by atomic mass is 9.92. The molecule has 100 valence electrons. The van der Waals surface area contributed by atoms with Gasteiger partial charge in [-0.25, -0.2) is 4.98 Å². The molecule has 1 N–H and O–H groups in total. The Morgan fingerprint density at radius 3 is 3.21 bits per heavy atom. The van der Waals surface area contributed by atoms with Crippen LogP contribution in [0.25, 0.3) is 5.65 Å². The molecule has 5 nitrogen and oxygen atoms in total. The van der Waals surface area contributed by atoms with Crippen LogP contribution in [0.1, 0.15) is 18.4 Å². The van der Waals surface area contributed by atoms with Gasteiger partial charge in [-0.1, -0.05) is 0 Å². The fourth-order valence-electron chi connectivity index (χ4n) is 3.59. The third kappa shape index (κ3) is 1.72. The Morgan fingerprint density at radius 2 is 2.26 bits per heavy atom. The maximum Gasteiger partial charge on any atom is 0.157 e. The van der Waals surface area contributed by atoms with Gasteiger partial charge in [-0.3, -0.25) is 0 Å². The molecular formula is C14H19N5. The third-order valence-corrected chi connectivity index (χ3v) is 4.48. The first-order valence-electron chi connectivity index (χ1n) is 7.11. The standard InChI is InChI=1S/C14H19N5/c1-10-5-13-16-9-17-19(13)14(6-10)18-4-2-3-11-7-15-8-12(11)18/h5-6,9,11-12,15H,2-4,7-8H2,1H3. The summed E-state index contributed by atoms with van der Waals surface area (Å²) in [6, 6.07) is 4.94. The van der Waals surface area contributed by atoms with Gasteiger partial charge in [0.05, 0.1) is 0 Å². The molecule has 0 radical (unpaired) electrons. The van der Waals surface area contributed by atoms with E-state index in [1.54, 1.807) is 6.33 Å². The number of fused-ring (bicyclic) bond motifs is 2. The summed E-state index contributed by atoms with van der Waals surface area (Å²) < 4.78 is 1.98. The van der Waals surface area contributed by atoms with Gasteiger partial charge in [-0.2, -0.15) is 9.61 Å². The molecule has 2 unspecified atom stereocenters. The Balaban J connectivity index is 1.82. The van der Waals surface area contributed by atoms with Crippen LogP contribution >= 0.6 is 0 Å². The first-order chi connectivity index (χ1) is 9.33. The molecule has 0 bridgehead atoms. The highest BCUT2D eigenvalue weighted by molar-refractivity contribution is 5.54. The Labute approximate surface area is 112 Å². The van der Waals surface area contributed by atoms with E-state index in [1.165, 1.54) is 24.2 Å². The van der Waals surface area contributed by atoms with E-state index in [0.717, 1.165) is 31.2 Å². The quantitative estimate of drug-likeness (QED) is 0.834. The summed E-state index contributed by atoms with van der Waals surface area (Å²) in [4.78, 5) is 6.86. The smallest absolute Gasteiger partial charge is 0.157 e. The van der Waals surface area contributed by atoms with Crippen molar-refractivity contribution in [2.45, 2.75) is 25.8 Å². The number of aryl methyl sites for hydroxylation is 1. The second-order valence-corrected chi connectivity index (χ2v) is 5.74. The Kier molecular flexibility index (Phi) is 2.48. The van der Waals surface area contributed by atoms with Crippen LogP contribution in [0.5, 0.6) is 0 Å². The summed E-state index contributed by atoms with van der Waals surface area (Å²) in [5.74, 6) is 1.98. The van der Waals surface area contributed by atoms with E-state index in [4.69, 9.17) is 0 Å². The summed E-state index contributed by atoms with van der Waals surface area (Å²) in [7, 11) is 0. The number of piperidine rings is 1. The van der Waals surface area contributed by atoms with E-state index in [9.17, 15) is 0 Å². The van der Waals surface area contributed by atoms with Crippen molar-refractivity contribution in [1.29, 1.82) is 0 Å². The molecule has 2 fully saturated rings. The van der Waals surface area contributed by atoms with Crippen LogP contribution in [-0.2, 0) is 0 Å². The Morgan fingerprint density at radius 1 is 1.32 bits per heavy atom. The highest BCUT2D eigenvalue weighted by Gasteiger charge is 2.36. The molecule has 2 aliphatic heterocycles. The monoisotopic (exact) mass is 257 g/mol. The molecule has 19 heavy (non-hydrogen) atoms. The summed E-state index contributed by atoms with van der Waals surface area (Å²) in [5.41, 5.74) is 2.20. The zero-order chi connectivity index (χ0) is 12.8. The van der Waals surface area contributed by atoms with Crippen molar-refractivity contribution in [3.05, 3.63) is 24.0 Å². The molecule has 2 aromatic rings. The second-order valence-electron chi connectivity index (χ2n) is 5.74. The van der Waals surface area contributed by atoms with Gasteiger partial charge in [-0.05, 0) is 43.4 Å². The molecule has 0 aromatic carbocycles. The van der Waals surface area contributed by atoms with Crippen LogP contribution in [0.2, 0.25) is 0 Å². The van der Waals surface area contributed by atoms with Crippen LogP contribution in [0, 0.1) is 12.8 Å². The maximum absolute atomic E-state index is 4.39. The third-order valence-electron chi connectivity index (χ3n) is 4.48. The predicted molar refractivity (Wildman–Crippen MR) is 74.5 cm³/mol. The van der Waals surface area contributed by atoms with Crippen LogP contribution < -0.4 is 10.2 Å². The molecule has 0 spiro atoms. The number of pyridine rings is 1. The van der Waals surface area contributed by atoms with Crippen molar-refractivity contribution >= 4 is 11.5 Å². The van der Waals surface area contributed by atoms with Gasteiger partial charge in [0.2, 0.25) is 0 Å². The van der Waals surface area contributed by atoms with Crippen molar-refractivity contribution in [2.75, 3.05) is 24.5 Å². The van der Waals surface area contributed by atoms with Gasteiger partial charge >= 0.3 is 0 Å². The molecule has 2 saturated heterocycles. The fraction of sp³-hybridized carbons (Fsp3) is 0.571. The number of hydrogen-bond acceptors (Lipinski definition) is 4. The zero-order valence-electron chi connectivity index (χ0n) is 11.2. The Bertz CT molecular complexity index is 605. The molecule has 0 amide bonds. The van der Waals surface area contributed by atoms with Crippen LogP contribution in [-0.4, -0.2) is 40.3 Å². The molecule has 2 atom stereocenters. The van der Waals surface area contributed by atoms with Crippen LogP contribution in [0.3, 0.4) is 0 Å². The number of aromatic nitrogens is 3. The van der Waals surface area contributed by atoms with Gasteiger partial charge in [0.25, 0.3) is 0 Å². The van der Waals surface area contributed by atoms with Crippen molar-refractivity contribution in [1.82, 2.24) is 19.9 Å². The minimum atomic E-state index is 0.614. The topological polar surface area (TPSA) is 45.5 Å². The van der Waals surface area contributed by atoms with Gasteiger partial charge in [0, 0.05) is 25.7 Å². The maximum atomic E-state index is 4.39. The zero-order valence-corrected chi connectivity index (χ0v) is 11.2. The van der Waals surface area contributed by atoms with Gasteiger partial charge in [0.1, 0.15) is 12.1 Å². The van der Waals surface area contributed by atoms with Crippen molar-refractivity contribution < 1.29 is 0 Å². The normalized spacial score (nSPS) is 26.9. The molecule has 2 aliphatic rings. The molecule has 2 aromatic heterocycles. The van der Waals surface area contributed by atoms with E-state index < -0.39 is 0 Å². The van der Waals surface area contributed by atoms with Crippen LogP contribution in [0.4, 0.5) is 5.82 Å². The first-order valence-corrected chi connectivity index (χ1v) is 7.11. The lowest BCUT2D eigenvalue weighted by molar-refractivity contribution is 0.381. The molecule has 4 heterocycles. The van der Waals surface area contributed by atoms with E-state index in [0.29, 0.717) is 6.04 Å². The summed E-state index contributed by atoms with van der Waals surface area (Å²) >= 11 is 0. The molecule has 0 aliphatic carbocycles. The minimum absolute atomic E-state index is 0.614. The Hall–Kier alpha value is -1.62. The summed E-state index contributed by atoms with van der Waals surface area (Å²) in [5, 5.41) is 7.93. The van der Waals surface area contributed by atoms with Crippen molar-refractivity contribution in [2.24, 2.45) is 5.92 Å². The summed E-state index contributed by atoms with van der Waals surface area (Å²) in [6.45, 7) is 5.51. The molecule has 4 rings (SSSR count). The lowest BCUT2D eigenvalue weighted by Gasteiger charge is -2.38. The highest BCUT2D eigenvalue weighted by atomic mass is 15.4. The number of nitrogens with zero attached hydrogens (tertiary/aromatic N) is 4. The number of nitrogens with one attached hydrogen (secondary N) is 1. The fourth-order valence-corrected chi connectivity index (χ4v) is 3.59. The highest BCUT2D eigenvalue weighted by Crippen LogP contribution is 2.31. The second kappa shape index (κ2) is 4.20. The number of rotatable bonds is 1. The largest absolute Gasteiger partial charge is 0.352 e. The average molecular weight is 257 g/mol. The first kappa shape index (κ1) is 11.2. The van der Waals surface area contributed by atoms with E-state index in [-0.39, 0.29) is 0 Å². The molecular weight excluding hydrogens is 238 g/mol. The van der Waals surface area contributed by atoms with E-state index in [2.05, 4.69) is 39.4 Å². The van der Waals surface area contributed by atoms with Gasteiger partial charge in [-0.15, -0.1) is 0 Å². The SMILES string of the molecule is Cc1cc(N2CCCC3CNCC32)n2ncnc2c1. The van der Waals surface area contributed by atoms with Gasteiger partial charge < -0.3 is 10.2 Å².